The van der Waals surface area contributed by atoms with Gasteiger partial charge in [-0.05, 0) is 69.9 Å². The summed E-state index contributed by atoms with van der Waals surface area (Å²) in [5, 5.41) is 3.40. The highest BCUT2D eigenvalue weighted by Gasteiger charge is 2.18. The number of benzene rings is 1. The minimum atomic E-state index is 0.896. The van der Waals surface area contributed by atoms with E-state index in [4.69, 9.17) is 0 Å². The number of rotatable bonds is 7. The van der Waals surface area contributed by atoms with E-state index < -0.39 is 0 Å². The van der Waals surface area contributed by atoms with E-state index in [1.807, 2.05) is 0 Å². The third-order valence-electron chi connectivity index (χ3n) is 4.15. The molecule has 2 nitrogen and oxygen atoms in total. The molecule has 0 aliphatic carbocycles. The van der Waals surface area contributed by atoms with Crippen molar-refractivity contribution in [2.24, 2.45) is 5.92 Å². The second kappa shape index (κ2) is 8.34. The summed E-state index contributed by atoms with van der Waals surface area (Å²) in [5.41, 5.74) is 1.51. The van der Waals surface area contributed by atoms with Gasteiger partial charge in [-0.15, -0.1) is 0 Å². The Bertz CT molecular complexity index is 328. The van der Waals surface area contributed by atoms with Gasteiger partial charge in [-0.25, -0.2) is 0 Å². The van der Waals surface area contributed by atoms with Crippen molar-refractivity contribution < 1.29 is 0 Å². The molecule has 2 heteroatoms. The molecular formula is C17H28N2. The van der Waals surface area contributed by atoms with Crippen LogP contribution in [0.15, 0.2) is 30.3 Å². The number of likely N-dealkylation sites (tertiary alicyclic amines) is 1. The summed E-state index contributed by atoms with van der Waals surface area (Å²) in [4.78, 5) is 2.64. The van der Waals surface area contributed by atoms with Crippen LogP contribution in [0.1, 0.15) is 31.7 Å². The molecule has 1 aromatic carbocycles. The fourth-order valence-electron chi connectivity index (χ4n) is 2.97. The first-order valence-corrected chi connectivity index (χ1v) is 7.85. The second-order valence-corrected chi connectivity index (χ2v) is 5.68. The summed E-state index contributed by atoms with van der Waals surface area (Å²) in [6, 6.07) is 11.0. The van der Waals surface area contributed by atoms with Gasteiger partial charge in [0, 0.05) is 0 Å². The van der Waals surface area contributed by atoms with Gasteiger partial charge in [-0.3, -0.25) is 0 Å². The Balaban J connectivity index is 1.62. The van der Waals surface area contributed by atoms with Crippen molar-refractivity contribution in [1.82, 2.24) is 10.2 Å². The number of hydrogen-bond donors (Lipinski definition) is 1. The molecule has 0 amide bonds. The fraction of sp³-hybridized carbons (Fsp3) is 0.647. The molecule has 0 bridgehead atoms. The Labute approximate surface area is 118 Å². The van der Waals surface area contributed by atoms with Gasteiger partial charge < -0.3 is 10.2 Å². The largest absolute Gasteiger partial charge is 0.317 e. The molecule has 106 valence electrons. The topological polar surface area (TPSA) is 15.3 Å². The quantitative estimate of drug-likeness (QED) is 0.758. The molecule has 0 saturated carbocycles. The Morgan fingerprint density at radius 2 is 1.89 bits per heavy atom. The van der Waals surface area contributed by atoms with E-state index in [2.05, 4.69) is 47.5 Å². The summed E-state index contributed by atoms with van der Waals surface area (Å²) in [6.07, 6.45) is 5.30. The van der Waals surface area contributed by atoms with E-state index in [1.54, 1.807) is 0 Å². The maximum atomic E-state index is 3.40. The van der Waals surface area contributed by atoms with E-state index >= 15 is 0 Å². The van der Waals surface area contributed by atoms with E-state index in [0.29, 0.717) is 0 Å². The van der Waals surface area contributed by atoms with Gasteiger partial charge in [0.1, 0.15) is 0 Å². The molecule has 1 saturated heterocycles. The first-order chi connectivity index (χ1) is 9.38. The van der Waals surface area contributed by atoms with Gasteiger partial charge in [-0.2, -0.15) is 0 Å². The molecule has 2 rings (SSSR count). The van der Waals surface area contributed by atoms with Crippen LogP contribution in [-0.4, -0.2) is 37.6 Å². The lowest BCUT2D eigenvalue weighted by Crippen LogP contribution is -2.36. The zero-order valence-electron chi connectivity index (χ0n) is 12.3. The lowest BCUT2D eigenvalue weighted by atomic mass is 9.90. The van der Waals surface area contributed by atoms with Crippen molar-refractivity contribution in [2.45, 2.75) is 32.6 Å². The van der Waals surface area contributed by atoms with E-state index in [9.17, 15) is 0 Å². The van der Waals surface area contributed by atoms with Crippen LogP contribution >= 0.6 is 0 Å². The van der Waals surface area contributed by atoms with Gasteiger partial charge in [-0.1, -0.05) is 37.3 Å². The van der Waals surface area contributed by atoms with Gasteiger partial charge in [0.2, 0.25) is 0 Å². The summed E-state index contributed by atoms with van der Waals surface area (Å²) in [6.45, 7) is 8.30. The average molecular weight is 260 g/mol. The van der Waals surface area contributed by atoms with Gasteiger partial charge in [0.25, 0.3) is 0 Å². The predicted octanol–water partition coefficient (Wildman–Crippen LogP) is 2.94. The predicted molar refractivity (Wildman–Crippen MR) is 82.5 cm³/mol. The highest BCUT2D eigenvalue weighted by atomic mass is 15.1. The minimum Gasteiger partial charge on any atom is -0.317 e. The number of nitrogens with zero attached hydrogens (tertiary/aromatic N) is 1. The fourth-order valence-corrected chi connectivity index (χ4v) is 2.97. The summed E-state index contributed by atoms with van der Waals surface area (Å²) >= 11 is 0. The van der Waals surface area contributed by atoms with Crippen molar-refractivity contribution in [3.63, 3.8) is 0 Å². The Hall–Kier alpha value is -0.860. The maximum absolute atomic E-state index is 3.40. The number of piperidine rings is 1. The molecule has 1 heterocycles. The molecule has 0 radical (unpaired) electrons. The molecule has 1 aliphatic rings. The molecule has 0 aromatic heterocycles. The zero-order chi connectivity index (χ0) is 13.3. The van der Waals surface area contributed by atoms with Crippen molar-refractivity contribution in [3.05, 3.63) is 35.9 Å². The summed E-state index contributed by atoms with van der Waals surface area (Å²) < 4.78 is 0. The first kappa shape index (κ1) is 14.5. The SMILES string of the molecule is CCNCCCN1CCC(Cc2ccccc2)CC1. The van der Waals surface area contributed by atoms with Crippen LogP contribution in [0.2, 0.25) is 0 Å². The first-order valence-electron chi connectivity index (χ1n) is 7.85. The molecule has 19 heavy (non-hydrogen) atoms. The molecule has 1 fully saturated rings. The van der Waals surface area contributed by atoms with Gasteiger partial charge in [0.05, 0.1) is 0 Å². The van der Waals surface area contributed by atoms with Crippen LogP contribution < -0.4 is 5.32 Å². The van der Waals surface area contributed by atoms with Crippen molar-refractivity contribution >= 4 is 0 Å². The van der Waals surface area contributed by atoms with Crippen LogP contribution in [0.5, 0.6) is 0 Å². The van der Waals surface area contributed by atoms with E-state index in [1.165, 1.54) is 57.4 Å². The molecule has 0 atom stereocenters. The van der Waals surface area contributed by atoms with Crippen LogP contribution in [-0.2, 0) is 6.42 Å². The standard InChI is InChI=1S/C17H28N2/c1-2-18-11-6-12-19-13-9-17(10-14-19)15-16-7-4-3-5-8-16/h3-5,7-8,17-18H,2,6,9-15H2,1H3. The third kappa shape index (κ3) is 5.33. The zero-order valence-corrected chi connectivity index (χ0v) is 12.3. The molecular weight excluding hydrogens is 232 g/mol. The van der Waals surface area contributed by atoms with Crippen LogP contribution in [0.3, 0.4) is 0 Å². The van der Waals surface area contributed by atoms with E-state index in [0.717, 1.165) is 12.5 Å². The third-order valence-corrected chi connectivity index (χ3v) is 4.15. The molecule has 0 unspecified atom stereocenters. The van der Waals surface area contributed by atoms with E-state index in [-0.39, 0.29) is 0 Å². The highest BCUT2D eigenvalue weighted by Crippen LogP contribution is 2.21. The van der Waals surface area contributed by atoms with Crippen molar-refractivity contribution in [2.75, 3.05) is 32.7 Å². The van der Waals surface area contributed by atoms with Crippen molar-refractivity contribution in [3.8, 4) is 0 Å². The molecule has 1 N–H and O–H groups in total. The van der Waals surface area contributed by atoms with Gasteiger partial charge in [0.15, 0.2) is 0 Å². The maximum Gasteiger partial charge on any atom is -0.000664 e. The van der Waals surface area contributed by atoms with Crippen molar-refractivity contribution in [1.29, 1.82) is 0 Å². The molecule has 0 spiro atoms. The monoisotopic (exact) mass is 260 g/mol. The smallest absolute Gasteiger partial charge is 0.000664 e. The normalized spacial score (nSPS) is 17.7. The van der Waals surface area contributed by atoms with Gasteiger partial charge >= 0.3 is 0 Å². The Morgan fingerprint density at radius 3 is 2.58 bits per heavy atom. The second-order valence-electron chi connectivity index (χ2n) is 5.68. The molecule has 1 aromatic rings. The van der Waals surface area contributed by atoms with Crippen LogP contribution in [0.4, 0.5) is 0 Å². The highest BCUT2D eigenvalue weighted by molar-refractivity contribution is 5.15. The Kier molecular flexibility index (Phi) is 6.38. The summed E-state index contributed by atoms with van der Waals surface area (Å²) in [5.74, 6) is 0.896. The lowest BCUT2D eigenvalue weighted by molar-refractivity contribution is 0.182. The summed E-state index contributed by atoms with van der Waals surface area (Å²) in [7, 11) is 0. The average Bonchev–Trinajstić information content (AvgIpc) is 2.46. The van der Waals surface area contributed by atoms with Crippen LogP contribution in [0.25, 0.3) is 0 Å². The minimum absolute atomic E-state index is 0.896. The lowest BCUT2D eigenvalue weighted by Gasteiger charge is -2.32. The number of hydrogen-bond acceptors (Lipinski definition) is 2. The molecule has 1 aliphatic heterocycles. The number of nitrogens with one attached hydrogen (secondary N) is 1. The Morgan fingerprint density at radius 1 is 1.16 bits per heavy atom. The van der Waals surface area contributed by atoms with Crippen LogP contribution in [0, 0.1) is 5.92 Å².